The number of hydrogen-bond donors (Lipinski definition) is 1. The van der Waals surface area contributed by atoms with Crippen LogP contribution < -0.4 is 34.2 Å². The Hall–Kier alpha value is -4.84. The average molecular weight is 488 g/mol. The lowest BCUT2D eigenvalue weighted by Crippen LogP contribution is -2.22. The SMILES string of the molecule is COc1ccccc1OCC(=O)Oc1ccc2c(c1)OC(N)=C(C#N)C2c1cccc(OC)c1OC. The summed E-state index contributed by atoms with van der Waals surface area (Å²) in [5.41, 5.74) is 7.66. The zero-order valence-corrected chi connectivity index (χ0v) is 19.9. The van der Waals surface area contributed by atoms with Crippen LogP contribution in [0.3, 0.4) is 0 Å². The molecule has 1 unspecified atom stereocenters. The fourth-order valence-electron chi connectivity index (χ4n) is 3.99. The van der Waals surface area contributed by atoms with E-state index in [2.05, 4.69) is 6.07 Å². The molecule has 3 aromatic rings. The highest BCUT2D eigenvalue weighted by Gasteiger charge is 2.33. The number of para-hydroxylation sites is 3. The van der Waals surface area contributed by atoms with Gasteiger partial charge in [-0.3, -0.25) is 0 Å². The molecular weight excluding hydrogens is 464 g/mol. The van der Waals surface area contributed by atoms with E-state index < -0.39 is 11.9 Å². The van der Waals surface area contributed by atoms with Crippen LogP contribution in [0.2, 0.25) is 0 Å². The molecule has 1 aliphatic rings. The maximum Gasteiger partial charge on any atom is 0.349 e. The summed E-state index contributed by atoms with van der Waals surface area (Å²) < 4.78 is 32.9. The second-order valence-electron chi connectivity index (χ2n) is 7.62. The topological polar surface area (TPSA) is 122 Å². The third kappa shape index (κ3) is 4.70. The van der Waals surface area contributed by atoms with Crippen LogP contribution in [0.25, 0.3) is 0 Å². The van der Waals surface area contributed by atoms with Crippen LogP contribution in [-0.2, 0) is 4.79 Å². The van der Waals surface area contributed by atoms with Gasteiger partial charge in [-0.2, -0.15) is 5.26 Å². The summed E-state index contributed by atoms with van der Waals surface area (Å²) in [4.78, 5) is 12.4. The molecule has 0 spiro atoms. The molecule has 1 heterocycles. The Bertz CT molecular complexity index is 1360. The smallest absolute Gasteiger partial charge is 0.349 e. The molecule has 9 heteroatoms. The number of rotatable bonds is 8. The standard InChI is InChI=1S/C27H24N2O7/c1-31-20-8-4-5-9-21(20)34-15-24(30)35-16-11-12-17-23(13-16)36-27(29)19(14-28)25(17)18-7-6-10-22(32-2)26(18)33-3/h4-13,25H,15,29H2,1-3H3. The lowest BCUT2D eigenvalue weighted by atomic mass is 9.83. The van der Waals surface area contributed by atoms with Crippen molar-refractivity contribution in [1.82, 2.24) is 0 Å². The van der Waals surface area contributed by atoms with Gasteiger partial charge in [0.15, 0.2) is 29.6 Å². The van der Waals surface area contributed by atoms with Crippen molar-refractivity contribution in [1.29, 1.82) is 5.26 Å². The van der Waals surface area contributed by atoms with Crippen LogP contribution in [0.15, 0.2) is 72.1 Å². The second kappa shape index (κ2) is 10.6. The van der Waals surface area contributed by atoms with Crippen molar-refractivity contribution in [2.24, 2.45) is 5.73 Å². The van der Waals surface area contributed by atoms with Gasteiger partial charge in [0.05, 0.1) is 27.2 Å². The van der Waals surface area contributed by atoms with Crippen molar-refractivity contribution in [3.8, 4) is 40.6 Å². The van der Waals surface area contributed by atoms with Gasteiger partial charge in [0.25, 0.3) is 0 Å². The van der Waals surface area contributed by atoms with E-state index in [0.29, 0.717) is 39.9 Å². The van der Waals surface area contributed by atoms with Crippen molar-refractivity contribution < 1.29 is 33.2 Å². The molecule has 36 heavy (non-hydrogen) atoms. The molecule has 0 saturated carbocycles. The molecule has 0 bridgehead atoms. The number of esters is 1. The van der Waals surface area contributed by atoms with Gasteiger partial charge in [-0.1, -0.05) is 30.3 Å². The number of nitrogens with two attached hydrogens (primary N) is 1. The van der Waals surface area contributed by atoms with Gasteiger partial charge in [-0.05, 0) is 24.3 Å². The van der Waals surface area contributed by atoms with E-state index in [1.165, 1.54) is 27.4 Å². The largest absolute Gasteiger partial charge is 0.493 e. The van der Waals surface area contributed by atoms with Crippen LogP contribution in [0.1, 0.15) is 17.0 Å². The Kier molecular flexibility index (Phi) is 7.16. The molecule has 1 aliphatic heterocycles. The highest BCUT2D eigenvalue weighted by atomic mass is 16.6. The summed E-state index contributed by atoms with van der Waals surface area (Å²) in [7, 11) is 4.57. The van der Waals surface area contributed by atoms with Gasteiger partial charge in [-0.25, -0.2) is 4.79 Å². The third-order valence-corrected chi connectivity index (χ3v) is 5.58. The summed E-state index contributed by atoms with van der Waals surface area (Å²) in [5, 5.41) is 9.84. The molecule has 1 atom stereocenters. The fraction of sp³-hybridized carbons (Fsp3) is 0.185. The average Bonchev–Trinajstić information content (AvgIpc) is 2.90. The van der Waals surface area contributed by atoms with E-state index in [4.69, 9.17) is 34.2 Å². The van der Waals surface area contributed by atoms with Gasteiger partial charge < -0.3 is 34.2 Å². The number of carbonyl (C=O) groups is 1. The van der Waals surface area contributed by atoms with E-state index in [0.717, 1.165) is 0 Å². The molecule has 9 nitrogen and oxygen atoms in total. The minimum Gasteiger partial charge on any atom is -0.493 e. The summed E-state index contributed by atoms with van der Waals surface area (Å²) in [6, 6.07) is 19.4. The van der Waals surface area contributed by atoms with Gasteiger partial charge in [0, 0.05) is 17.2 Å². The summed E-state index contributed by atoms with van der Waals surface area (Å²) in [6.07, 6.45) is 0. The maximum atomic E-state index is 12.4. The number of fused-ring (bicyclic) bond motifs is 1. The third-order valence-electron chi connectivity index (χ3n) is 5.58. The molecule has 4 rings (SSSR count). The number of allylic oxidation sites excluding steroid dienone is 1. The first-order valence-corrected chi connectivity index (χ1v) is 10.9. The minimum absolute atomic E-state index is 0.0529. The molecule has 184 valence electrons. The zero-order chi connectivity index (χ0) is 25.7. The van der Waals surface area contributed by atoms with Crippen LogP contribution in [0.4, 0.5) is 0 Å². The molecule has 0 amide bonds. The van der Waals surface area contributed by atoms with Crippen molar-refractivity contribution >= 4 is 5.97 Å². The number of benzene rings is 3. The van der Waals surface area contributed by atoms with Crippen LogP contribution in [-0.4, -0.2) is 33.9 Å². The number of nitriles is 1. The van der Waals surface area contributed by atoms with Crippen molar-refractivity contribution in [3.63, 3.8) is 0 Å². The predicted molar refractivity (Wildman–Crippen MR) is 129 cm³/mol. The lowest BCUT2D eigenvalue weighted by molar-refractivity contribution is -0.136. The normalized spacial score (nSPS) is 14.1. The molecule has 2 N–H and O–H groups in total. The van der Waals surface area contributed by atoms with Crippen molar-refractivity contribution in [2.75, 3.05) is 27.9 Å². The monoisotopic (exact) mass is 488 g/mol. The minimum atomic E-state index is -0.621. The van der Waals surface area contributed by atoms with Gasteiger partial charge in [0.2, 0.25) is 5.88 Å². The van der Waals surface area contributed by atoms with Crippen LogP contribution in [0, 0.1) is 11.3 Å². The number of carbonyl (C=O) groups excluding carboxylic acids is 1. The van der Waals surface area contributed by atoms with Gasteiger partial charge in [-0.15, -0.1) is 0 Å². The van der Waals surface area contributed by atoms with E-state index in [-0.39, 0.29) is 23.8 Å². The molecule has 0 aliphatic carbocycles. The van der Waals surface area contributed by atoms with Crippen LogP contribution in [0.5, 0.6) is 34.5 Å². The Morgan fingerprint density at radius 2 is 1.67 bits per heavy atom. The van der Waals surface area contributed by atoms with Crippen molar-refractivity contribution in [3.05, 3.63) is 83.2 Å². The lowest BCUT2D eigenvalue weighted by Gasteiger charge is -2.28. The Labute approximate surface area is 208 Å². The van der Waals surface area contributed by atoms with Gasteiger partial charge >= 0.3 is 5.97 Å². The summed E-state index contributed by atoms with van der Waals surface area (Å²) in [5.74, 6) is 1.23. The maximum absolute atomic E-state index is 12.4. The molecule has 0 fully saturated rings. The second-order valence-corrected chi connectivity index (χ2v) is 7.62. The number of nitrogens with zero attached hydrogens (tertiary/aromatic N) is 1. The first-order valence-electron chi connectivity index (χ1n) is 10.9. The van der Waals surface area contributed by atoms with E-state index in [9.17, 15) is 10.1 Å². The number of methoxy groups -OCH3 is 3. The Morgan fingerprint density at radius 1 is 0.944 bits per heavy atom. The summed E-state index contributed by atoms with van der Waals surface area (Å²) in [6.45, 7) is -0.331. The highest BCUT2D eigenvalue weighted by molar-refractivity contribution is 5.74. The Balaban J connectivity index is 1.60. The number of ether oxygens (including phenoxy) is 6. The first-order chi connectivity index (χ1) is 17.5. The van der Waals surface area contributed by atoms with E-state index >= 15 is 0 Å². The molecular formula is C27H24N2O7. The quantitative estimate of drug-likeness (QED) is 0.371. The summed E-state index contributed by atoms with van der Waals surface area (Å²) >= 11 is 0. The van der Waals surface area contributed by atoms with E-state index in [1.807, 2.05) is 6.07 Å². The van der Waals surface area contributed by atoms with Crippen molar-refractivity contribution in [2.45, 2.75) is 5.92 Å². The Morgan fingerprint density at radius 3 is 2.36 bits per heavy atom. The molecule has 0 aromatic heterocycles. The van der Waals surface area contributed by atoms with E-state index in [1.54, 1.807) is 48.5 Å². The predicted octanol–water partition coefficient (Wildman–Crippen LogP) is 3.91. The molecule has 3 aromatic carbocycles. The molecule has 0 radical (unpaired) electrons. The zero-order valence-electron chi connectivity index (χ0n) is 19.9. The number of hydrogen-bond acceptors (Lipinski definition) is 9. The molecule has 0 saturated heterocycles. The first kappa shape index (κ1) is 24.3. The van der Waals surface area contributed by atoms with Crippen LogP contribution >= 0.6 is 0 Å². The highest BCUT2D eigenvalue weighted by Crippen LogP contribution is 2.47. The van der Waals surface area contributed by atoms with Gasteiger partial charge in [0.1, 0.15) is 23.1 Å². The fourth-order valence-corrected chi connectivity index (χ4v) is 3.99.